The number of ether oxygens (including phenoxy) is 1. The molecule has 2 aliphatic heterocycles. The van der Waals surface area contributed by atoms with Crippen molar-refractivity contribution in [2.24, 2.45) is 5.92 Å². The zero-order valence-corrected chi connectivity index (χ0v) is 17.5. The molecule has 0 saturated heterocycles. The molecule has 4 nitrogen and oxygen atoms in total. The minimum absolute atomic E-state index is 0.0474. The lowest BCUT2D eigenvalue weighted by atomic mass is 9.66. The highest BCUT2D eigenvalue weighted by molar-refractivity contribution is 7.99. The Bertz CT molecular complexity index is 1040. The summed E-state index contributed by atoms with van der Waals surface area (Å²) in [5, 5.41) is 10.0. The van der Waals surface area contributed by atoms with Crippen LogP contribution in [0.2, 0.25) is 0 Å². The van der Waals surface area contributed by atoms with Crippen LogP contribution in [0.1, 0.15) is 36.7 Å². The summed E-state index contributed by atoms with van der Waals surface area (Å²) in [6.07, 6.45) is 0. The second-order valence-corrected chi connectivity index (χ2v) is 9.23. The van der Waals surface area contributed by atoms with Gasteiger partial charge >= 0.3 is 0 Å². The van der Waals surface area contributed by atoms with Crippen LogP contribution in [0.5, 0.6) is 5.75 Å². The molecule has 0 unspecified atom stereocenters. The number of nitrogens with one attached hydrogen (secondary N) is 1. The van der Waals surface area contributed by atoms with Crippen LogP contribution in [0.25, 0.3) is 5.69 Å². The Labute approximate surface area is 170 Å². The molecular weight excluding hydrogens is 366 g/mol. The molecule has 0 amide bonds. The van der Waals surface area contributed by atoms with Crippen molar-refractivity contribution in [3.05, 3.63) is 65.4 Å². The average molecular weight is 392 g/mol. The molecule has 0 saturated carbocycles. The van der Waals surface area contributed by atoms with Crippen LogP contribution in [0.3, 0.4) is 0 Å². The molecule has 144 valence electrons. The van der Waals surface area contributed by atoms with E-state index in [0.717, 1.165) is 22.9 Å². The van der Waals surface area contributed by atoms with E-state index in [0.29, 0.717) is 5.92 Å². The molecule has 2 atom stereocenters. The molecule has 0 spiro atoms. The first-order chi connectivity index (χ1) is 13.5. The summed E-state index contributed by atoms with van der Waals surface area (Å²) in [5.41, 5.74) is 6.17. The molecule has 0 fully saturated rings. The second kappa shape index (κ2) is 6.31. The van der Waals surface area contributed by atoms with Crippen LogP contribution in [0.4, 0.5) is 5.69 Å². The normalized spacial score (nSPS) is 21.9. The average Bonchev–Trinajstić information content (AvgIpc) is 3.05. The van der Waals surface area contributed by atoms with E-state index < -0.39 is 0 Å². The van der Waals surface area contributed by atoms with E-state index in [1.54, 1.807) is 7.11 Å². The first-order valence-electron chi connectivity index (χ1n) is 9.73. The fraction of sp³-hybridized carbons (Fsp3) is 0.348. The standard InChI is InChI=1S/C23H25N3OS/c1-14-20-21-18(13-28-22(20)26(25-14)15-8-6-5-7-9-15)23(2,3)17-12-16(27-4)10-11-19(17)24-21/h5-12,18,21,24H,13H2,1-4H3/t18-,21-/m1/s1. The Morgan fingerprint density at radius 3 is 2.71 bits per heavy atom. The van der Waals surface area contributed by atoms with Gasteiger partial charge in [0.1, 0.15) is 10.8 Å². The van der Waals surface area contributed by atoms with Crippen LogP contribution < -0.4 is 10.1 Å². The van der Waals surface area contributed by atoms with Crippen molar-refractivity contribution in [3.63, 3.8) is 0 Å². The van der Waals surface area contributed by atoms with Gasteiger partial charge in [-0.25, -0.2) is 4.68 Å². The fourth-order valence-electron chi connectivity index (χ4n) is 4.70. The van der Waals surface area contributed by atoms with Crippen molar-refractivity contribution in [1.29, 1.82) is 0 Å². The quantitative estimate of drug-likeness (QED) is 0.639. The third-order valence-corrected chi connectivity index (χ3v) is 7.53. The molecule has 3 aromatic rings. The monoisotopic (exact) mass is 391 g/mol. The maximum absolute atomic E-state index is 5.49. The minimum Gasteiger partial charge on any atom is -0.497 e. The highest BCUT2D eigenvalue weighted by Gasteiger charge is 2.47. The van der Waals surface area contributed by atoms with E-state index in [1.807, 2.05) is 23.9 Å². The molecule has 28 heavy (non-hydrogen) atoms. The maximum Gasteiger partial charge on any atom is 0.119 e. The van der Waals surface area contributed by atoms with E-state index in [-0.39, 0.29) is 11.5 Å². The van der Waals surface area contributed by atoms with Gasteiger partial charge in [0.25, 0.3) is 0 Å². The molecule has 5 rings (SSSR count). The molecule has 5 heteroatoms. The van der Waals surface area contributed by atoms with Gasteiger partial charge in [0.05, 0.1) is 24.5 Å². The number of para-hydroxylation sites is 1. The van der Waals surface area contributed by atoms with Gasteiger partial charge in [-0.1, -0.05) is 32.0 Å². The van der Waals surface area contributed by atoms with E-state index >= 15 is 0 Å². The number of thioether (sulfide) groups is 1. The number of rotatable bonds is 2. The second-order valence-electron chi connectivity index (χ2n) is 8.22. The van der Waals surface area contributed by atoms with Gasteiger partial charge in [-0.2, -0.15) is 5.10 Å². The summed E-state index contributed by atoms with van der Waals surface area (Å²) in [5.74, 6) is 2.47. The highest BCUT2D eigenvalue weighted by atomic mass is 32.2. The van der Waals surface area contributed by atoms with E-state index in [2.05, 4.69) is 67.2 Å². The Kier molecular flexibility index (Phi) is 3.98. The summed E-state index contributed by atoms with van der Waals surface area (Å²) >= 11 is 1.93. The summed E-state index contributed by atoms with van der Waals surface area (Å²) in [6.45, 7) is 6.87. The number of methoxy groups -OCH3 is 1. The Hall–Kier alpha value is -2.40. The predicted octanol–water partition coefficient (Wildman–Crippen LogP) is 5.36. The van der Waals surface area contributed by atoms with Crippen molar-refractivity contribution in [3.8, 4) is 11.4 Å². The number of aryl methyl sites for hydroxylation is 1. The van der Waals surface area contributed by atoms with Crippen LogP contribution in [0, 0.1) is 12.8 Å². The highest BCUT2D eigenvalue weighted by Crippen LogP contribution is 2.55. The van der Waals surface area contributed by atoms with Crippen LogP contribution >= 0.6 is 11.8 Å². The largest absolute Gasteiger partial charge is 0.497 e. The lowest BCUT2D eigenvalue weighted by molar-refractivity contribution is 0.290. The summed E-state index contributed by atoms with van der Waals surface area (Å²) in [6, 6.07) is 17.1. The summed E-state index contributed by atoms with van der Waals surface area (Å²) < 4.78 is 7.61. The smallest absolute Gasteiger partial charge is 0.119 e. The number of nitrogens with zero attached hydrogens (tertiary/aromatic N) is 2. The summed E-state index contributed by atoms with van der Waals surface area (Å²) in [4.78, 5) is 0. The topological polar surface area (TPSA) is 39.1 Å². The predicted molar refractivity (Wildman–Crippen MR) is 115 cm³/mol. The van der Waals surface area contributed by atoms with Gasteiger partial charge < -0.3 is 10.1 Å². The number of fused-ring (bicyclic) bond motifs is 4. The minimum atomic E-state index is 0.0474. The zero-order valence-electron chi connectivity index (χ0n) is 16.7. The van der Waals surface area contributed by atoms with Crippen molar-refractivity contribution in [1.82, 2.24) is 9.78 Å². The van der Waals surface area contributed by atoms with E-state index in [1.165, 1.54) is 21.8 Å². The zero-order chi connectivity index (χ0) is 19.5. The molecule has 2 aliphatic rings. The molecule has 0 radical (unpaired) electrons. The Balaban J connectivity index is 1.64. The fourth-order valence-corrected chi connectivity index (χ4v) is 6.34. The van der Waals surface area contributed by atoms with Crippen LogP contribution in [-0.2, 0) is 5.41 Å². The van der Waals surface area contributed by atoms with E-state index in [4.69, 9.17) is 9.84 Å². The van der Waals surface area contributed by atoms with Crippen molar-refractivity contribution in [2.75, 3.05) is 18.2 Å². The van der Waals surface area contributed by atoms with Gasteiger partial charge in [-0.15, -0.1) is 11.8 Å². The molecule has 0 bridgehead atoms. The molecule has 3 heterocycles. The third kappa shape index (κ3) is 2.49. The lowest BCUT2D eigenvalue weighted by Gasteiger charge is -2.48. The number of anilines is 1. The number of hydrogen-bond donors (Lipinski definition) is 1. The van der Waals surface area contributed by atoms with Crippen molar-refractivity contribution >= 4 is 17.4 Å². The third-order valence-electron chi connectivity index (χ3n) is 6.34. The number of hydrogen-bond acceptors (Lipinski definition) is 4. The van der Waals surface area contributed by atoms with Gasteiger partial charge in [-0.05, 0) is 48.2 Å². The SMILES string of the molecule is COc1ccc2c(c1)C(C)(C)[C@@H]1CSc3c(c(C)nn3-c3ccccc3)[C@@H]1N2. The molecule has 2 aromatic carbocycles. The first kappa shape index (κ1) is 17.7. The Morgan fingerprint density at radius 2 is 1.96 bits per heavy atom. The molecular formula is C23H25N3OS. The maximum atomic E-state index is 5.49. The molecule has 0 aliphatic carbocycles. The van der Waals surface area contributed by atoms with E-state index in [9.17, 15) is 0 Å². The molecule has 1 N–H and O–H groups in total. The summed E-state index contributed by atoms with van der Waals surface area (Å²) in [7, 11) is 1.73. The number of aromatic nitrogens is 2. The molecule has 1 aromatic heterocycles. The Morgan fingerprint density at radius 1 is 1.18 bits per heavy atom. The van der Waals surface area contributed by atoms with Gasteiger partial charge in [-0.3, -0.25) is 0 Å². The van der Waals surface area contributed by atoms with Crippen molar-refractivity contribution in [2.45, 2.75) is 37.3 Å². The van der Waals surface area contributed by atoms with Crippen molar-refractivity contribution < 1.29 is 4.74 Å². The van der Waals surface area contributed by atoms with Gasteiger partial charge in [0, 0.05) is 22.9 Å². The van der Waals surface area contributed by atoms with Crippen LogP contribution in [0.15, 0.2) is 53.6 Å². The number of benzene rings is 2. The van der Waals surface area contributed by atoms with Gasteiger partial charge in [0.2, 0.25) is 0 Å². The van der Waals surface area contributed by atoms with Gasteiger partial charge in [0.15, 0.2) is 0 Å². The lowest BCUT2D eigenvalue weighted by Crippen LogP contribution is -2.44. The first-order valence-corrected chi connectivity index (χ1v) is 10.7. The van der Waals surface area contributed by atoms with Crippen LogP contribution in [-0.4, -0.2) is 22.6 Å².